The average molecular weight is 735 g/mol. The molecule has 10 nitrogen and oxygen atoms in total. The maximum Gasteiger partial charge on any atom is 0.343 e. The van der Waals surface area contributed by atoms with Crippen molar-refractivity contribution in [3.05, 3.63) is 167 Å². The molecule has 0 N–H and O–H groups in total. The van der Waals surface area contributed by atoms with Gasteiger partial charge in [0.05, 0.1) is 33.4 Å². The van der Waals surface area contributed by atoms with E-state index in [-0.39, 0.29) is 46.8 Å². The lowest BCUT2D eigenvalue weighted by Gasteiger charge is -2.26. The van der Waals surface area contributed by atoms with Crippen molar-refractivity contribution in [2.45, 2.75) is 26.9 Å². The molecule has 0 spiro atoms. The summed E-state index contributed by atoms with van der Waals surface area (Å²) in [7, 11) is 0. The standard InChI is InChI=1S/C45H34O10/c1-27-10-14-30(15-11-27)42(46)52-34-22-18-32(19-23-34)44(48)54-38-8-4-6-36-40(38)41-37(51-29(3)26-50-36)7-5-9-39(41)55-45(49)33-20-24-35(25-21-33)53-43(47)31-16-12-28(2)13-17-31/h4-25,29H,26H2,1-3H3/t29-/m1/s1. The lowest BCUT2D eigenvalue weighted by atomic mass is 10.00. The minimum atomic E-state index is -0.694. The molecular formula is C45H34O10. The molecule has 0 saturated heterocycles. The van der Waals surface area contributed by atoms with Gasteiger partial charge in [0.1, 0.15) is 47.2 Å². The minimum Gasteiger partial charge on any atom is -0.489 e. The summed E-state index contributed by atoms with van der Waals surface area (Å²) >= 11 is 0. The van der Waals surface area contributed by atoms with Crippen molar-refractivity contribution in [1.29, 1.82) is 0 Å². The van der Waals surface area contributed by atoms with Gasteiger partial charge in [0, 0.05) is 0 Å². The van der Waals surface area contributed by atoms with Crippen LogP contribution in [0.5, 0.6) is 34.5 Å². The van der Waals surface area contributed by atoms with Gasteiger partial charge in [-0.2, -0.15) is 0 Å². The van der Waals surface area contributed by atoms with Gasteiger partial charge in [-0.15, -0.1) is 0 Å². The highest BCUT2D eigenvalue weighted by Gasteiger charge is 2.28. The second-order valence-electron chi connectivity index (χ2n) is 12.8. The number of fused-ring (bicyclic) bond motifs is 3. The van der Waals surface area contributed by atoms with Gasteiger partial charge in [-0.1, -0.05) is 47.5 Å². The Morgan fingerprint density at radius 3 is 1.27 bits per heavy atom. The average Bonchev–Trinajstić information content (AvgIpc) is 3.18. The summed E-state index contributed by atoms with van der Waals surface area (Å²) in [6.07, 6.45) is -0.377. The van der Waals surface area contributed by atoms with Crippen molar-refractivity contribution in [3.63, 3.8) is 0 Å². The molecule has 10 heteroatoms. The predicted molar refractivity (Wildman–Crippen MR) is 203 cm³/mol. The molecule has 6 aromatic carbocycles. The fourth-order valence-electron chi connectivity index (χ4n) is 5.71. The monoisotopic (exact) mass is 734 g/mol. The van der Waals surface area contributed by atoms with Gasteiger partial charge in [0.15, 0.2) is 0 Å². The highest BCUT2D eigenvalue weighted by atomic mass is 16.6. The van der Waals surface area contributed by atoms with Crippen molar-refractivity contribution < 1.29 is 47.6 Å². The van der Waals surface area contributed by atoms with Crippen LogP contribution in [0.2, 0.25) is 0 Å². The lowest BCUT2D eigenvalue weighted by molar-refractivity contribution is 0.0717. The van der Waals surface area contributed by atoms with Gasteiger partial charge in [-0.05, 0) is 118 Å². The largest absolute Gasteiger partial charge is 0.489 e. The van der Waals surface area contributed by atoms with E-state index in [0.29, 0.717) is 33.8 Å². The lowest BCUT2D eigenvalue weighted by Crippen LogP contribution is -2.23. The maximum absolute atomic E-state index is 13.5. The van der Waals surface area contributed by atoms with Crippen LogP contribution < -0.4 is 28.4 Å². The van der Waals surface area contributed by atoms with Gasteiger partial charge in [0.2, 0.25) is 0 Å². The molecule has 55 heavy (non-hydrogen) atoms. The highest BCUT2D eigenvalue weighted by molar-refractivity contribution is 5.97. The Morgan fingerprint density at radius 2 is 0.836 bits per heavy atom. The van der Waals surface area contributed by atoms with E-state index >= 15 is 0 Å². The van der Waals surface area contributed by atoms with Gasteiger partial charge >= 0.3 is 23.9 Å². The van der Waals surface area contributed by atoms with E-state index in [1.807, 2.05) is 45.0 Å². The number of carbonyl (C=O) groups is 4. The molecule has 1 aliphatic heterocycles. The topological polar surface area (TPSA) is 124 Å². The Morgan fingerprint density at radius 1 is 0.473 bits per heavy atom. The van der Waals surface area contributed by atoms with E-state index in [9.17, 15) is 19.2 Å². The Kier molecular flexibility index (Phi) is 10.4. The zero-order chi connectivity index (χ0) is 38.5. The third-order valence-corrected chi connectivity index (χ3v) is 8.61. The van der Waals surface area contributed by atoms with E-state index in [2.05, 4.69) is 0 Å². The zero-order valence-electron chi connectivity index (χ0n) is 30.1. The van der Waals surface area contributed by atoms with Gasteiger partial charge in [-0.3, -0.25) is 0 Å². The number of hydrogen-bond acceptors (Lipinski definition) is 10. The molecule has 0 radical (unpaired) electrons. The summed E-state index contributed by atoms with van der Waals surface area (Å²) in [4.78, 5) is 52.2. The van der Waals surface area contributed by atoms with Crippen LogP contribution in [-0.4, -0.2) is 36.6 Å². The molecule has 0 saturated carbocycles. The van der Waals surface area contributed by atoms with Gasteiger partial charge in [-0.25, -0.2) is 19.2 Å². The van der Waals surface area contributed by atoms with E-state index < -0.39 is 23.9 Å². The predicted octanol–water partition coefficient (Wildman–Crippen LogP) is 9.01. The van der Waals surface area contributed by atoms with E-state index in [1.165, 1.54) is 48.5 Å². The van der Waals surface area contributed by atoms with Crippen LogP contribution in [-0.2, 0) is 0 Å². The fourth-order valence-corrected chi connectivity index (χ4v) is 5.71. The van der Waals surface area contributed by atoms with Crippen LogP contribution in [0.25, 0.3) is 11.1 Å². The molecule has 0 aromatic heterocycles. The number of aryl methyl sites for hydroxylation is 2. The van der Waals surface area contributed by atoms with Gasteiger partial charge in [0.25, 0.3) is 0 Å². The molecular weight excluding hydrogens is 700 g/mol. The molecule has 1 heterocycles. The molecule has 274 valence electrons. The van der Waals surface area contributed by atoms with Crippen LogP contribution in [0.4, 0.5) is 0 Å². The first kappa shape index (κ1) is 36.2. The first-order valence-corrected chi connectivity index (χ1v) is 17.4. The molecule has 1 atom stereocenters. The Bertz CT molecular complexity index is 2380. The Labute approximate surface area is 316 Å². The number of benzene rings is 6. The fraction of sp³-hybridized carbons (Fsp3) is 0.111. The second-order valence-corrected chi connectivity index (χ2v) is 12.8. The van der Waals surface area contributed by atoms with Crippen LogP contribution in [0.1, 0.15) is 59.5 Å². The van der Waals surface area contributed by atoms with E-state index in [1.54, 1.807) is 60.7 Å². The first-order chi connectivity index (χ1) is 26.6. The maximum atomic E-state index is 13.5. The summed E-state index contributed by atoms with van der Waals surface area (Å²) in [6.45, 7) is 5.88. The minimum absolute atomic E-state index is 0.125. The van der Waals surface area contributed by atoms with Crippen molar-refractivity contribution in [2.75, 3.05) is 6.61 Å². The molecule has 0 bridgehead atoms. The Balaban J connectivity index is 1.12. The molecule has 0 unspecified atom stereocenters. The van der Waals surface area contributed by atoms with Crippen LogP contribution >= 0.6 is 0 Å². The quantitative estimate of drug-likeness (QED) is 0.111. The number of ether oxygens (including phenoxy) is 6. The number of carbonyl (C=O) groups excluding carboxylic acids is 4. The molecule has 0 amide bonds. The summed E-state index contributed by atoms with van der Waals surface area (Å²) in [5.41, 5.74) is 3.88. The van der Waals surface area contributed by atoms with Crippen molar-refractivity contribution in [3.8, 4) is 45.6 Å². The smallest absolute Gasteiger partial charge is 0.343 e. The SMILES string of the molecule is Cc1ccc(C(=O)Oc2ccc(C(=O)Oc3cccc4c3-c3c(OC(=O)c5ccc(OC(=O)c6ccc(C)cc6)cc5)cccc3O[C@H](C)CO4)cc2)cc1. The number of rotatable bonds is 8. The first-order valence-electron chi connectivity index (χ1n) is 17.4. The highest BCUT2D eigenvalue weighted by Crippen LogP contribution is 2.49. The van der Waals surface area contributed by atoms with Crippen molar-refractivity contribution in [1.82, 2.24) is 0 Å². The molecule has 1 aliphatic rings. The normalized spacial score (nSPS) is 13.0. The van der Waals surface area contributed by atoms with Crippen LogP contribution in [0, 0.1) is 13.8 Å². The second kappa shape index (κ2) is 15.8. The summed E-state index contributed by atoms with van der Waals surface area (Å²) < 4.78 is 35.1. The third-order valence-electron chi connectivity index (χ3n) is 8.61. The number of esters is 4. The van der Waals surface area contributed by atoms with Crippen LogP contribution in [0.3, 0.4) is 0 Å². The van der Waals surface area contributed by atoms with Crippen molar-refractivity contribution >= 4 is 23.9 Å². The van der Waals surface area contributed by atoms with Crippen LogP contribution in [0.15, 0.2) is 133 Å². The molecule has 0 fully saturated rings. The Hall–Kier alpha value is -7.20. The van der Waals surface area contributed by atoms with E-state index in [4.69, 9.17) is 28.4 Å². The van der Waals surface area contributed by atoms with Crippen molar-refractivity contribution in [2.24, 2.45) is 0 Å². The molecule has 6 aromatic rings. The summed E-state index contributed by atoms with van der Waals surface area (Å²) in [5, 5.41) is 0. The number of hydrogen-bond donors (Lipinski definition) is 0. The molecule has 0 aliphatic carbocycles. The molecule has 7 rings (SSSR count). The third kappa shape index (κ3) is 8.39. The summed E-state index contributed by atoms with van der Waals surface area (Å²) in [5.74, 6) is -0.926. The summed E-state index contributed by atoms with van der Waals surface area (Å²) in [6, 6.07) is 36.0. The van der Waals surface area contributed by atoms with E-state index in [0.717, 1.165) is 11.1 Å². The van der Waals surface area contributed by atoms with Gasteiger partial charge < -0.3 is 28.4 Å². The zero-order valence-corrected chi connectivity index (χ0v) is 30.1.